The van der Waals surface area contributed by atoms with Crippen LogP contribution in [0.4, 0.5) is 0 Å². The normalized spacial score (nSPS) is 46.2. The molecule has 4 aliphatic rings. The molecule has 1 saturated carbocycles. The summed E-state index contributed by atoms with van der Waals surface area (Å²) in [5.41, 5.74) is -0.522. The second-order valence-electron chi connectivity index (χ2n) is 6.43. The number of hydrogen-bond donors (Lipinski definition) is 0. The first kappa shape index (κ1) is 12.4. The van der Waals surface area contributed by atoms with Crippen molar-refractivity contribution < 1.29 is 23.9 Å². The van der Waals surface area contributed by atoms with Gasteiger partial charge < -0.3 is 9.47 Å². The molecule has 0 amide bonds. The van der Waals surface area contributed by atoms with Crippen LogP contribution in [-0.4, -0.2) is 35.8 Å². The second-order valence-corrected chi connectivity index (χ2v) is 6.43. The molecule has 4 rings (SSSR count). The van der Waals surface area contributed by atoms with Gasteiger partial charge in [-0.2, -0.15) is 0 Å². The highest BCUT2D eigenvalue weighted by Gasteiger charge is 2.67. The molecule has 2 aliphatic heterocycles. The maximum atomic E-state index is 12.9. The standard InChI is InChI=1S/C15H16O5/c1-19-14-5-8-2-10(16)4-12(8)13(18)15(20-14)7-11(17)3-9(15)6-14/h4,8-9H,2-3,5-7H2,1H3/t8-,9+,14?,15+/m1/s1. The van der Waals surface area contributed by atoms with Gasteiger partial charge in [-0.05, 0) is 12.0 Å². The first-order valence-corrected chi connectivity index (χ1v) is 7.04. The predicted octanol–water partition coefficient (Wildman–Crippen LogP) is 0.956. The van der Waals surface area contributed by atoms with E-state index in [9.17, 15) is 14.4 Å². The summed E-state index contributed by atoms with van der Waals surface area (Å²) in [6, 6.07) is 0. The molecule has 0 aromatic heterocycles. The predicted molar refractivity (Wildman–Crippen MR) is 66.7 cm³/mol. The Bertz CT molecular complexity index is 577. The van der Waals surface area contributed by atoms with E-state index in [2.05, 4.69) is 0 Å². The zero-order chi connectivity index (χ0) is 14.1. The van der Waals surface area contributed by atoms with Gasteiger partial charge in [0.25, 0.3) is 0 Å². The van der Waals surface area contributed by atoms with Crippen LogP contribution in [0.3, 0.4) is 0 Å². The summed E-state index contributed by atoms with van der Waals surface area (Å²) in [6.07, 6.45) is 3.40. The van der Waals surface area contributed by atoms with E-state index >= 15 is 0 Å². The van der Waals surface area contributed by atoms with E-state index in [1.54, 1.807) is 7.11 Å². The van der Waals surface area contributed by atoms with Crippen molar-refractivity contribution in [1.29, 1.82) is 0 Å². The number of Topliss-reactive ketones (excluding diaryl/α,β-unsaturated/α-hetero) is 2. The number of hydrogen-bond acceptors (Lipinski definition) is 5. The van der Waals surface area contributed by atoms with Crippen molar-refractivity contribution in [2.75, 3.05) is 7.11 Å². The van der Waals surface area contributed by atoms with E-state index in [1.165, 1.54) is 6.08 Å². The lowest BCUT2D eigenvalue weighted by Gasteiger charge is -2.30. The molecule has 2 heterocycles. The average molecular weight is 276 g/mol. The fraction of sp³-hybridized carbons (Fsp3) is 0.667. The summed E-state index contributed by atoms with van der Waals surface area (Å²) < 4.78 is 11.7. The van der Waals surface area contributed by atoms with Gasteiger partial charge in [0.15, 0.2) is 17.4 Å². The van der Waals surface area contributed by atoms with Gasteiger partial charge in [-0.15, -0.1) is 0 Å². The lowest BCUT2D eigenvalue weighted by atomic mass is 9.76. The zero-order valence-electron chi connectivity index (χ0n) is 11.3. The molecular weight excluding hydrogens is 260 g/mol. The Balaban J connectivity index is 1.86. The number of fused-ring (bicyclic) bond motifs is 2. The number of allylic oxidation sites excluding steroid dienone is 1. The lowest BCUT2D eigenvalue weighted by Crippen LogP contribution is -2.42. The van der Waals surface area contributed by atoms with E-state index in [0.29, 0.717) is 31.3 Å². The van der Waals surface area contributed by atoms with Crippen LogP contribution in [0.2, 0.25) is 0 Å². The minimum Gasteiger partial charge on any atom is -0.353 e. The van der Waals surface area contributed by atoms with Crippen LogP contribution in [0.1, 0.15) is 32.1 Å². The molecule has 5 heteroatoms. The molecule has 1 unspecified atom stereocenters. The third-order valence-electron chi connectivity index (χ3n) is 5.30. The Morgan fingerprint density at radius 2 is 2.05 bits per heavy atom. The van der Waals surface area contributed by atoms with Gasteiger partial charge >= 0.3 is 0 Å². The molecule has 0 aromatic rings. The molecule has 0 aromatic carbocycles. The minimum absolute atomic E-state index is 0.0109. The topological polar surface area (TPSA) is 69.7 Å². The molecule has 2 bridgehead atoms. The summed E-state index contributed by atoms with van der Waals surface area (Å²) in [6.45, 7) is 0. The van der Waals surface area contributed by atoms with Crippen LogP contribution < -0.4 is 0 Å². The third-order valence-corrected chi connectivity index (χ3v) is 5.30. The molecule has 5 nitrogen and oxygen atoms in total. The van der Waals surface area contributed by atoms with E-state index in [1.807, 2.05) is 0 Å². The number of carbonyl (C=O) groups is 3. The fourth-order valence-electron chi connectivity index (χ4n) is 4.46. The summed E-state index contributed by atoms with van der Waals surface area (Å²) >= 11 is 0. The van der Waals surface area contributed by atoms with Crippen molar-refractivity contribution in [1.82, 2.24) is 0 Å². The minimum atomic E-state index is -1.07. The van der Waals surface area contributed by atoms with Crippen LogP contribution in [0.15, 0.2) is 11.6 Å². The first-order valence-electron chi connectivity index (χ1n) is 7.04. The number of ether oxygens (including phenoxy) is 2. The summed E-state index contributed by atoms with van der Waals surface area (Å²) in [5, 5.41) is 0. The molecule has 4 atom stereocenters. The Labute approximate surface area is 116 Å². The van der Waals surface area contributed by atoms with Gasteiger partial charge in [0.2, 0.25) is 0 Å². The van der Waals surface area contributed by atoms with E-state index in [0.717, 1.165) is 0 Å². The van der Waals surface area contributed by atoms with Crippen LogP contribution in [0.5, 0.6) is 0 Å². The van der Waals surface area contributed by atoms with E-state index < -0.39 is 11.4 Å². The maximum Gasteiger partial charge on any atom is 0.191 e. The van der Waals surface area contributed by atoms with Crippen LogP contribution in [0, 0.1) is 11.8 Å². The molecule has 20 heavy (non-hydrogen) atoms. The van der Waals surface area contributed by atoms with Crippen molar-refractivity contribution in [3.05, 3.63) is 11.6 Å². The van der Waals surface area contributed by atoms with Gasteiger partial charge in [-0.3, -0.25) is 14.4 Å². The van der Waals surface area contributed by atoms with Gasteiger partial charge in [-0.1, -0.05) is 0 Å². The monoisotopic (exact) mass is 276 g/mol. The van der Waals surface area contributed by atoms with Crippen molar-refractivity contribution in [2.24, 2.45) is 11.8 Å². The van der Waals surface area contributed by atoms with Crippen LogP contribution in [-0.2, 0) is 23.9 Å². The lowest BCUT2D eigenvalue weighted by molar-refractivity contribution is -0.236. The molecule has 106 valence electrons. The van der Waals surface area contributed by atoms with Gasteiger partial charge in [0.05, 0.1) is 0 Å². The number of methoxy groups -OCH3 is 1. The zero-order valence-corrected chi connectivity index (χ0v) is 11.3. The Kier molecular flexibility index (Phi) is 2.27. The van der Waals surface area contributed by atoms with Gasteiger partial charge in [0.1, 0.15) is 11.4 Å². The summed E-state index contributed by atoms with van der Waals surface area (Å²) in [7, 11) is 1.58. The molecule has 1 spiro atoms. The summed E-state index contributed by atoms with van der Waals surface area (Å²) in [5.74, 6) is -1.14. The smallest absolute Gasteiger partial charge is 0.191 e. The third kappa shape index (κ3) is 1.37. The highest BCUT2D eigenvalue weighted by atomic mass is 16.7. The van der Waals surface area contributed by atoms with Gasteiger partial charge in [0, 0.05) is 50.7 Å². The largest absolute Gasteiger partial charge is 0.353 e. The highest BCUT2D eigenvalue weighted by Crippen LogP contribution is 2.58. The van der Waals surface area contributed by atoms with E-state index in [4.69, 9.17) is 9.47 Å². The van der Waals surface area contributed by atoms with Crippen molar-refractivity contribution in [3.8, 4) is 0 Å². The number of ketones is 3. The quantitative estimate of drug-likeness (QED) is 0.713. The molecular formula is C15H16O5. The Morgan fingerprint density at radius 3 is 2.80 bits per heavy atom. The van der Waals surface area contributed by atoms with Crippen molar-refractivity contribution in [2.45, 2.75) is 43.5 Å². The molecule has 2 aliphatic carbocycles. The second kappa shape index (κ2) is 3.65. The highest BCUT2D eigenvalue weighted by molar-refractivity contribution is 6.13. The SMILES string of the molecule is COC12C[C@H]3CC(=O)C=C3C(=O)[C@@]3(CC(=O)C[C@H]3C1)O2. The molecule has 2 saturated heterocycles. The number of carbonyl (C=O) groups excluding carboxylic acids is 3. The van der Waals surface area contributed by atoms with Crippen molar-refractivity contribution >= 4 is 17.3 Å². The van der Waals surface area contributed by atoms with Crippen molar-refractivity contribution in [3.63, 3.8) is 0 Å². The summed E-state index contributed by atoms with van der Waals surface area (Å²) in [4.78, 5) is 36.4. The molecule has 3 fully saturated rings. The van der Waals surface area contributed by atoms with E-state index in [-0.39, 0.29) is 35.6 Å². The first-order chi connectivity index (χ1) is 9.48. The molecule has 0 radical (unpaired) electrons. The Hall–Kier alpha value is -1.33. The number of rotatable bonds is 1. The van der Waals surface area contributed by atoms with Crippen LogP contribution in [0.25, 0.3) is 0 Å². The Morgan fingerprint density at radius 1 is 1.25 bits per heavy atom. The van der Waals surface area contributed by atoms with Gasteiger partial charge in [-0.25, -0.2) is 0 Å². The maximum absolute atomic E-state index is 12.9. The molecule has 0 N–H and O–H groups in total. The average Bonchev–Trinajstić information content (AvgIpc) is 2.96. The van der Waals surface area contributed by atoms with Crippen LogP contribution >= 0.6 is 0 Å². The fourth-order valence-corrected chi connectivity index (χ4v) is 4.46.